The Hall–Kier alpha value is -0.230. The first-order valence-electron chi connectivity index (χ1n) is 4.42. The van der Waals surface area contributed by atoms with Crippen molar-refractivity contribution in [1.82, 2.24) is 0 Å². The summed E-state index contributed by atoms with van der Waals surface area (Å²) in [6.45, 7) is 10.4. The molecule has 0 fully saturated rings. The predicted octanol–water partition coefficient (Wildman–Crippen LogP) is 4.16. The van der Waals surface area contributed by atoms with Crippen LogP contribution in [0.3, 0.4) is 0 Å². The van der Waals surface area contributed by atoms with Crippen LogP contribution < -0.4 is 0 Å². The summed E-state index contributed by atoms with van der Waals surface area (Å²) in [4.78, 5) is -0.228. The highest BCUT2D eigenvalue weighted by molar-refractivity contribution is 6.25. The van der Waals surface area contributed by atoms with Gasteiger partial charge in [-0.1, -0.05) is 32.1 Å². The summed E-state index contributed by atoms with van der Waals surface area (Å²) in [6, 6.07) is 0. The molecule has 0 bridgehead atoms. The molecular formula is C11H19Cl. The van der Waals surface area contributed by atoms with E-state index in [0.29, 0.717) is 5.92 Å². The SMILES string of the molecule is C/C=C\C=C(\C(C)C)C(C)(C)Cl. The summed E-state index contributed by atoms with van der Waals surface area (Å²) in [7, 11) is 0. The topological polar surface area (TPSA) is 0 Å². The average molecular weight is 187 g/mol. The van der Waals surface area contributed by atoms with Crippen molar-refractivity contribution in [2.45, 2.75) is 39.5 Å². The summed E-state index contributed by atoms with van der Waals surface area (Å²) < 4.78 is 0. The van der Waals surface area contributed by atoms with E-state index in [0.717, 1.165) is 0 Å². The fourth-order valence-corrected chi connectivity index (χ4v) is 1.56. The standard InChI is InChI=1S/C11H19Cl/c1-6-7-8-10(9(2)3)11(4,5)12/h6-9H,1-5H3/b7-6-,10-8-. The lowest BCUT2D eigenvalue weighted by molar-refractivity contribution is 0.652. The van der Waals surface area contributed by atoms with Crippen molar-refractivity contribution in [3.05, 3.63) is 23.8 Å². The zero-order valence-electron chi connectivity index (χ0n) is 8.69. The van der Waals surface area contributed by atoms with Crippen LogP contribution in [0.15, 0.2) is 23.8 Å². The average Bonchev–Trinajstić information content (AvgIpc) is 1.84. The first kappa shape index (κ1) is 11.8. The molecule has 70 valence electrons. The van der Waals surface area contributed by atoms with Gasteiger partial charge in [0, 0.05) is 0 Å². The van der Waals surface area contributed by atoms with Crippen LogP contribution in [0.5, 0.6) is 0 Å². The van der Waals surface area contributed by atoms with Crippen LogP contribution in [0.1, 0.15) is 34.6 Å². The quantitative estimate of drug-likeness (QED) is 0.459. The number of hydrogen-bond donors (Lipinski definition) is 0. The molecule has 0 saturated heterocycles. The zero-order valence-corrected chi connectivity index (χ0v) is 9.44. The van der Waals surface area contributed by atoms with Gasteiger partial charge in [0.15, 0.2) is 0 Å². The Morgan fingerprint density at radius 1 is 1.33 bits per heavy atom. The molecule has 0 atom stereocenters. The highest BCUT2D eigenvalue weighted by Gasteiger charge is 2.21. The maximum Gasteiger partial charge on any atom is 0.0604 e. The van der Waals surface area contributed by atoms with Crippen LogP contribution in [0, 0.1) is 5.92 Å². The van der Waals surface area contributed by atoms with Gasteiger partial charge in [-0.2, -0.15) is 0 Å². The van der Waals surface area contributed by atoms with E-state index in [1.807, 2.05) is 32.9 Å². The van der Waals surface area contributed by atoms with Crippen LogP contribution in [-0.2, 0) is 0 Å². The molecule has 0 aromatic carbocycles. The Kier molecular flexibility index (Phi) is 4.62. The highest BCUT2D eigenvalue weighted by Crippen LogP contribution is 2.29. The van der Waals surface area contributed by atoms with E-state index in [1.165, 1.54) is 5.57 Å². The Labute approximate surface area is 81.3 Å². The molecule has 0 rings (SSSR count). The van der Waals surface area contributed by atoms with E-state index in [2.05, 4.69) is 19.9 Å². The fourth-order valence-electron chi connectivity index (χ4n) is 1.28. The monoisotopic (exact) mass is 186 g/mol. The molecule has 0 amide bonds. The normalized spacial score (nSPS) is 14.8. The number of alkyl halides is 1. The molecular weight excluding hydrogens is 168 g/mol. The second-order valence-corrected chi connectivity index (χ2v) is 4.72. The molecule has 0 saturated carbocycles. The van der Waals surface area contributed by atoms with Crippen LogP contribution >= 0.6 is 11.6 Å². The number of allylic oxidation sites excluding steroid dienone is 4. The Morgan fingerprint density at radius 2 is 1.83 bits per heavy atom. The van der Waals surface area contributed by atoms with Crippen molar-refractivity contribution in [1.29, 1.82) is 0 Å². The molecule has 0 unspecified atom stereocenters. The molecule has 1 heteroatoms. The Balaban J connectivity index is 4.67. The summed E-state index contributed by atoms with van der Waals surface area (Å²) >= 11 is 6.23. The fraction of sp³-hybridized carbons (Fsp3) is 0.636. The summed E-state index contributed by atoms with van der Waals surface area (Å²) in [6.07, 6.45) is 6.17. The first-order valence-corrected chi connectivity index (χ1v) is 4.79. The van der Waals surface area contributed by atoms with Gasteiger partial charge in [0.1, 0.15) is 0 Å². The second kappa shape index (κ2) is 4.71. The summed E-state index contributed by atoms with van der Waals surface area (Å²) in [5.74, 6) is 0.508. The molecule has 0 aromatic heterocycles. The molecule has 0 nitrogen and oxygen atoms in total. The van der Waals surface area contributed by atoms with E-state index in [1.54, 1.807) is 0 Å². The maximum absolute atomic E-state index is 6.23. The summed E-state index contributed by atoms with van der Waals surface area (Å²) in [5.41, 5.74) is 1.28. The zero-order chi connectivity index (χ0) is 9.78. The molecule has 0 radical (unpaired) electrons. The van der Waals surface area contributed by atoms with E-state index in [-0.39, 0.29) is 4.87 Å². The smallest absolute Gasteiger partial charge is 0.0604 e. The minimum absolute atomic E-state index is 0.228. The van der Waals surface area contributed by atoms with Gasteiger partial charge in [-0.15, -0.1) is 11.6 Å². The number of rotatable bonds is 3. The largest absolute Gasteiger partial charge is 0.115 e. The van der Waals surface area contributed by atoms with E-state index in [4.69, 9.17) is 11.6 Å². The molecule has 0 heterocycles. The minimum atomic E-state index is -0.228. The van der Waals surface area contributed by atoms with E-state index < -0.39 is 0 Å². The molecule has 0 aromatic rings. The van der Waals surface area contributed by atoms with Gasteiger partial charge < -0.3 is 0 Å². The van der Waals surface area contributed by atoms with E-state index >= 15 is 0 Å². The number of hydrogen-bond acceptors (Lipinski definition) is 0. The lowest BCUT2D eigenvalue weighted by atomic mass is 9.91. The van der Waals surface area contributed by atoms with Crippen molar-refractivity contribution in [3.63, 3.8) is 0 Å². The lowest BCUT2D eigenvalue weighted by Crippen LogP contribution is -2.18. The predicted molar refractivity (Wildman–Crippen MR) is 57.7 cm³/mol. The third kappa shape index (κ3) is 3.96. The van der Waals surface area contributed by atoms with E-state index in [9.17, 15) is 0 Å². The van der Waals surface area contributed by atoms with Gasteiger partial charge in [-0.05, 0) is 32.3 Å². The first-order chi connectivity index (χ1) is 5.39. The minimum Gasteiger partial charge on any atom is -0.115 e. The maximum atomic E-state index is 6.23. The third-order valence-electron chi connectivity index (χ3n) is 1.78. The molecule has 0 aliphatic rings. The Morgan fingerprint density at radius 3 is 2.08 bits per heavy atom. The van der Waals surface area contributed by atoms with Gasteiger partial charge in [-0.25, -0.2) is 0 Å². The highest BCUT2D eigenvalue weighted by atomic mass is 35.5. The molecule has 12 heavy (non-hydrogen) atoms. The Bertz CT molecular complexity index is 180. The van der Waals surface area contributed by atoms with Crippen molar-refractivity contribution in [3.8, 4) is 0 Å². The molecule has 0 aliphatic heterocycles. The van der Waals surface area contributed by atoms with Gasteiger partial charge in [-0.3, -0.25) is 0 Å². The molecule has 0 aliphatic carbocycles. The van der Waals surface area contributed by atoms with Crippen LogP contribution in [0.25, 0.3) is 0 Å². The molecule has 0 N–H and O–H groups in total. The van der Waals surface area contributed by atoms with Crippen molar-refractivity contribution < 1.29 is 0 Å². The number of halogens is 1. The summed E-state index contributed by atoms with van der Waals surface area (Å²) in [5, 5.41) is 0. The van der Waals surface area contributed by atoms with Gasteiger partial charge in [0.2, 0.25) is 0 Å². The van der Waals surface area contributed by atoms with Crippen molar-refractivity contribution >= 4 is 11.6 Å². The van der Waals surface area contributed by atoms with Gasteiger partial charge >= 0.3 is 0 Å². The third-order valence-corrected chi connectivity index (χ3v) is 1.99. The second-order valence-electron chi connectivity index (χ2n) is 3.77. The van der Waals surface area contributed by atoms with Gasteiger partial charge in [0.25, 0.3) is 0 Å². The lowest BCUT2D eigenvalue weighted by Gasteiger charge is -2.23. The van der Waals surface area contributed by atoms with Gasteiger partial charge in [0.05, 0.1) is 4.87 Å². The van der Waals surface area contributed by atoms with Crippen LogP contribution in [-0.4, -0.2) is 4.87 Å². The van der Waals surface area contributed by atoms with Crippen LogP contribution in [0.4, 0.5) is 0 Å². The van der Waals surface area contributed by atoms with Crippen molar-refractivity contribution in [2.75, 3.05) is 0 Å². The van der Waals surface area contributed by atoms with Crippen molar-refractivity contribution in [2.24, 2.45) is 5.92 Å². The van der Waals surface area contributed by atoms with Crippen LogP contribution in [0.2, 0.25) is 0 Å². The molecule has 0 spiro atoms.